The van der Waals surface area contributed by atoms with Crippen LogP contribution in [0.1, 0.15) is 219 Å². The second-order valence-electron chi connectivity index (χ2n) is 16.5. The Morgan fingerprint density at radius 3 is 1.41 bits per heavy atom. The first kappa shape index (κ1) is 57.4. The van der Waals surface area contributed by atoms with E-state index >= 15 is 0 Å². The van der Waals surface area contributed by atoms with Crippen molar-refractivity contribution in [1.82, 2.24) is 5.32 Å². The SMILES string of the molecule is CCCCCCCC/C=C/CC/C=C/CC/C=C/C(O)C(COP(=O)(O)OCCN)NC(=O)CC(O)CCCCCCC/C=C\CCCCCCCCCCCCCC. The van der Waals surface area contributed by atoms with Gasteiger partial charge in [-0.25, -0.2) is 4.57 Å². The Bertz CT molecular complexity index is 1080. The molecular weight excluding hydrogens is 760 g/mol. The molecule has 0 radical (unpaired) electrons. The van der Waals surface area contributed by atoms with E-state index in [1.807, 2.05) is 6.08 Å². The number of nitrogens with one attached hydrogen (secondary N) is 1. The lowest BCUT2D eigenvalue weighted by Crippen LogP contribution is -2.46. The van der Waals surface area contributed by atoms with Gasteiger partial charge in [-0.05, 0) is 70.6 Å². The number of phosphoric ester groups is 1. The zero-order chi connectivity index (χ0) is 43.3. The molecule has 0 saturated heterocycles. The standard InChI is InChI=1S/C49H93N2O7P/c1-3-5-7-9-11-13-15-17-19-21-22-23-24-25-26-28-30-32-34-36-38-40-46(52)44-49(54)51-47(45-58-59(55,56)57-43-42-50)48(53)41-39-37-35-33-31-29-27-20-18-16-14-12-10-8-6-4-2/h18,20,25-26,31,33,39,41,46-48,52-53H,3-17,19,21-24,27-30,32,34-38,40,42-45,50H2,1-2H3,(H,51,54)(H,55,56)/b20-18+,26-25-,33-31+,41-39+. The van der Waals surface area contributed by atoms with Crippen molar-refractivity contribution in [3.8, 4) is 0 Å². The molecule has 1 amide bonds. The van der Waals surface area contributed by atoms with Crippen LogP contribution in [0.15, 0.2) is 48.6 Å². The van der Waals surface area contributed by atoms with Gasteiger partial charge in [0.2, 0.25) is 5.91 Å². The molecule has 0 aliphatic carbocycles. The van der Waals surface area contributed by atoms with Crippen LogP contribution < -0.4 is 11.1 Å². The molecule has 0 aromatic heterocycles. The van der Waals surface area contributed by atoms with Crippen molar-refractivity contribution >= 4 is 13.7 Å². The Kier molecular flexibility index (Phi) is 43.3. The number of nitrogens with two attached hydrogens (primary N) is 1. The Balaban J connectivity index is 4.28. The highest BCUT2D eigenvalue weighted by Crippen LogP contribution is 2.43. The van der Waals surface area contributed by atoms with Crippen molar-refractivity contribution in [2.24, 2.45) is 5.73 Å². The predicted octanol–water partition coefficient (Wildman–Crippen LogP) is 13.0. The maximum atomic E-state index is 12.8. The largest absolute Gasteiger partial charge is 0.472 e. The fraction of sp³-hybridized carbons (Fsp3) is 0.816. The Labute approximate surface area is 363 Å². The van der Waals surface area contributed by atoms with Gasteiger partial charge in [0.1, 0.15) is 0 Å². The van der Waals surface area contributed by atoms with Gasteiger partial charge in [0, 0.05) is 6.54 Å². The van der Waals surface area contributed by atoms with Gasteiger partial charge in [-0.1, -0.05) is 191 Å². The van der Waals surface area contributed by atoms with E-state index < -0.39 is 38.6 Å². The average Bonchev–Trinajstić information content (AvgIpc) is 3.21. The first-order chi connectivity index (χ1) is 28.8. The van der Waals surface area contributed by atoms with Crippen LogP contribution in [-0.4, -0.2) is 59.0 Å². The van der Waals surface area contributed by atoms with E-state index in [2.05, 4.69) is 55.6 Å². The van der Waals surface area contributed by atoms with E-state index in [0.717, 1.165) is 57.8 Å². The van der Waals surface area contributed by atoms with Crippen LogP contribution in [0.25, 0.3) is 0 Å². The Morgan fingerprint density at radius 1 is 0.576 bits per heavy atom. The molecule has 0 saturated carbocycles. The molecular formula is C49H93N2O7P. The molecule has 0 aliphatic rings. The van der Waals surface area contributed by atoms with Crippen molar-refractivity contribution in [3.05, 3.63) is 48.6 Å². The lowest BCUT2D eigenvalue weighted by Gasteiger charge is -2.24. The number of amides is 1. The number of rotatable bonds is 45. The monoisotopic (exact) mass is 853 g/mol. The van der Waals surface area contributed by atoms with Crippen LogP contribution in [0.2, 0.25) is 0 Å². The topological polar surface area (TPSA) is 151 Å². The van der Waals surface area contributed by atoms with Gasteiger partial charge in [0.25, 0.3) is 0 Å². The number of aliphatic hydroxyl groups is 2. The van der Waals surface area contributed by atoms with Gasteiger partial charge in [-0.15, -0.1) is 0 Å². The summed E-state index contributed by atoms with van der Waals surface area (Å²) in [6.45, 7) is 3.94. The van der Waals surface area contributed by atoms with E-state index in [0.29, 0.717) is 12.8 Å². The van der Waals surface area contributed by atoms with Gasteiger partial charge in [0.15, 0.2) is 0 Å². The number of carbonyl (C=O) groups excluding carboxylic acids is 1. The molecule has 0 bridgehead atoms. The van der Waals surface area contributed by atoms with E-state index in [-0.39, 0.29) is 19.6 Å². The third-order valence-electron chi connectivity index (χ3n) is 10.7. The first-order valence-electron chi connectivity index (χ1n) is 24.3. The highest BCUT2D eigenvalue weighted by atomic mass is 31.2. The molecule has 0 rings (SSSR count). The predicted molar refractivity (Wildman–Crippen MR) is 250 cm³/mol. The molecule has 0 heterocycles. The molecule has 0 aliphatic heterocycles. The number of unbranched alkanes of at least 4 members (excludes halogenated alkanes) is 25. The number of allylic oxidation sites excluding steroid dienone is 7. The van der Waals surface area contributed by atoms with Crippen LogP contribution in [0.3, 0.4) is 0 Å². The van der Waals surface area contributed by atoms with Crippen molar-refractivity contribution in [2.45, 2.75) is 238 Å². The minimum Gasteiger partial charge on any atom is -0.393 e. The van der Waals surface area contributed by atoms with Crippen LogP contribution >= 0.6 is 7.82 Å². The highest BCUT2D eigenvalue weighted by Gasteiger charge is 2.27. The van der Waals surface area contributed by atoms with Gasteiger partial charge in [-0.2, -0.15) is 0 Å². The molecule has 9 nitrogen and oxygen atoms in total. The van der Waals surface area contributed by atoms with E-state index in [9.17, 15) is 24.5 Å². The summed E-state index contributed by atoms with van der Waals surface area (Å²) in [4.78, 5) is 22.8. The summed E-state index contributed by atoms with van der Waals surface area (Å²) >= 11 is 0. The van der Waals surface area contributed by atoms with Crippen LogP contribution in [0.4, 0.5) is 0 Å². The minimum absolute atomic E-state index is 0.0403. The van der Waals surface area contributed by atoms with E-state index in [1.165, 1.54) is 128 Å². The number of hydrogen-bond acceptors (Lipinski definition) is 7. The zero-order valence-corrected chi connectivity index (χ0v) is 39.0. The lowest BCUT2D eigenvalue weighted by molar-refractivity contribution is -0.124. The number of carbonyl (C=O) groups is 1. The molecule has 4 atom stereocenters. The summed E-state index contributed by atoms with van der Waals surface area (Å²) in [6, 6.07) is -1.01. The summed E-state index contributed by atoms with van der Waals surface area (Å²) in [7, 11) is -4.42. The number of hydrogen-bond donors (Lipinski definition) is 5. The minimum atomic E-state index is -4.42. The Hall–Kier alpha value is -1.58. The van der Waals surface area contributed by atoms with Crippen LogP contribution in [0.5, 0.6) is 0 Å². The third kappa shape index (κ3) is 42.9. The second kappa shape index (κ2) is 44.5. The first-order valence-corrected chi connectivity index (χ1v) is 25.8. The quantitative estimate of drug-likeness (QED) is 0.0231. The van der Waals surface area contributed by atoms with E-state index in [1.54, 1.807) is 6.08 Å². The lowest BCUT2D eigenvalue weighted by atomic mass is 10.0. The van der Waals surface area contributed by atoms with E-state index in [4.69, 9.17) is 14.8 Å². The molecule has 346 valence electrons. The molecule has 10 heteroatoms. The maximum Gasteiger partial charge on any atom is 0.472 e. The van der Waals surface area contributed by atoms with Crippen molar-refractivity contribution < 1.29 is 33.5 Å². The third-order valence-corrected chi connectivity index (χ3v) is 11.6. The van der Waals surface area contributed by atoms with Gasteiger partial charge < -0.3 is 26.2 Å². The summed E-state index contributed by atoms with van der Waals surface area (Å²) in [5.74, 6) is -0.464. The fourth-order valence-corrected chi connectivity index (χ4v) is 7.73. The van der Waals surface area contributed by atoms with Crippen molar-refractivity contribution in [2.75, 3.05) is 19.8 Å². The van der Waals surface area contributed by atoms with Crippen LogP contribution in [-0.2, 0) is 18.4 Å². The van der Waals surface area contributed by atoms with Gasteiger partial charge >= 0.3 is 7.82 Å². The zero-order valence-electron chi connectivity index (χ0n) is 38.1. The Morgan fingerprint density at radius 2 is 0.966 bits per heavy atom. The molecule has 0 spiro atoms. The maximum absolute atomic E-state index is 12.8. The molecule has 0 aromatic carbocycles. The molecule has 0 fully saturated rings. The summed E-state index contributed by atoms with van der Waals surface area (Å²) in [6.07, 6.45) is 52.1. The summed E-state index contributed by atoms with van der Waals surface area (Å²) < 4.78 is 22.1. The van der Waals surface area contributed by atoms with Gasteiger partial charge in [-0.3, -0.25) is 13.8 Å². The van der Waals surface area contributed by atoms with Crippen LogP contribution in [0, 0.1) is 0 Å². The second-order valence-corrected chi connectivity index (χ2v) is 17.9. The highest BCUT2D eigenvalue weighted by molar-refractivity contribution is 7.47. The average molecular weight is 853 g/mol. The summed E-state index contributed by atoms with van der Waals surface area (Å²) in [5.41, 5.74) is 5.37. The number of phosphoric acid groups is 1. The molecule has 0 aromatic rings. The molecule has 6 N–H and O–H groups in total. The summed E-state index contributed by atoms with van der Waals surface area (Å²) in [5, 5.41) is 24.1. The molecule has 4 unspecified atom stereocenters. The normalized spacial score (nSPS) is 14.9. The molecule has 59 heavy (non-hydrogen) atoms. The van der Waals surface area contributed by atoms with Crippen molar-refractivity contribution in [3.63, 3.8) is 0 Å². The fourth-order valence-electron chi connectivity index (χ4n) is 6.97. The van der Waals surface area contributed by atoms with Crippen molar-refractivity contribution in [1.29, 1.82) is 0 Å². The smallest absolute Gasteiger partial charge is 0.393 e. The van der Waals surface area contributed by atoms with Gasteiger partial charge in [0.05, 0.1) is 37.9 Å². The number of aliphatic hydroxyl groups excluding tert-OH is 2.